The molecule has 0 saturated heterocycles. The summed E-state index contributed by atoms with van der Waals surface area (Å²) in [6.07, 6.45) is 7.72. The van der Waals surface area contributed by atoms with Crippen molar-refractivity contribution in [3.05, 3.63) is 11.6 Å². The van der Waals surface area contributed by atoms with Crippen LogP contribution in [0, 0.1) is 0 Å². The largest absolute Gasteiger partial charge is 0.310 e. The first-order chi connectivity index (χ1) is 6.34. The molecule has 0 amide bonds. The summed E-state index contributed by atoms with van der Waals surface area (Å²) in [5.41, 5.74) is 1.05. The van der Waals surface area contributed by atoms with Gasteiger partial charge in [0.05, 0.1) is 6.54 Å². The lowest BCUT2D eigenvalue weighted by atomic mass is 9.96. The van der Waals surface area contributed by atoms with E-state index in [0.717, 1.165) is 31.4 Å². The van der Waals surface area contributed by atoms with E-state index in [1.807, 2.05) is 0 Å². The van der Waals surface area contributed by atoms with Gasteiger partial charge in [-0.05, 0) is 44.2 Å². The molecule has 2 heteroatoms. The van der Waals surface area contributed by atoms with E-state index >= 15 is 0 Å². The lowest BCUT2D eigenvalue weighted by molar-refractivity contribution is -0.115. The average Bonchev–Trinajstić information content (AvgIpc) is 2.19. The highest BCUT2D eigenvalue weighted by molar-refractivity contribution is 5.96. The van der Waals surface area contributed by atoms with Crippen molar-refractivity contribution in [1.29, 1.82) is 0 Å². The van der Waals surface area contributed by atoms with Crippen LogP contribution in [0.1, 0.15) is 39.0 Å². The Morgan fingerprint density at radius 1 is 1.54 bits per heavy atom. The smallest absolute Gasteiger partial charge is 0.172 e. The van der Waals surface area contributed by atoms with Crippen molar-refractivity contribution >= 4 is 5.78 Å². The van der Waals surface area contributed by atoms with Crippen LogP contribution in [0.3, 0.4) is 0 Å². The molecule has 1 rings (SSSR count). The second-order valence-electron chi connectivity index (χ2n) is 3.58. The first-order valence-corrected chi connectivity index (χ1v) is 5.27. The zero-order valence-electron chi connectivity index (χ0n) is 8.44. The van der Waals surface area contributed by atoms with Crippen LogP contribution in [0.2, 0.25) is 0 Å². The summed E-state index contributed by atoms with van der Waals surface area (Å²) in [4.78, 5) is 11.5. The average molecular weight is 181 g/mol. The quantitative estimate of drug-likeness (QED) is 0.658. The Morgan fingerprint density at radius 3 is 3.00 bits per heavy atom. The predicted molar refractivity (Wildman–Crippen MR) is 54.7 cm³/mol. The third-order valence-corrected chi connectivity index (χ3v) is 2.36. The van der Waals surface area contributed by atoms with Gasteiger partial charge in [-0.3, -0.25) is 4.79 Å². The van der Waals surface area contributed by atoms with Crippen molar-refractivity contribution in [2.45, 2.75) is 39.0 Å². The van der Waals surface area contributed by atoms with Gasteiger partial charge < -0.3 is 5.32 Å². The Kier molecular flexibility index (Phi) is 4.76. The van der Waals surface area contributed by atoms with Crippen LogP contribution >= 0.6 is 0 Å². The fourth-order valence-electron chi connectivity index (χ4n) is 1.58. The van der Waals surface area contributed by atoms with Crippen molar-refractivity contribution in [3.63, 3.8) is 0 Å². The van der Waals surface area contributed by atoms with Crippen molar-refractivity contribution < 1.29 is 4.79 Å². The third kappa shape index (κ3) is 3.73. The lowest BCUT2D eigenvalue weighted by Crippen LogP contribution is -2.25. The molecule has 13 heavy (non-hydrogen) atoms. The minimum atomic E-state index is 0.299. The van der Waals surface area contributed by atoms with Crippen LogP contribution in [-0.4, -0.2) is 18.9 Å². The van der Waals surface area contributed by atoms with E-state index in [0.29, 0.717) is 12.3 Å². The molecule has 2 nitrogen and oxygen atoms in total. The monoisotopic (exact) mass is 181 g/mol. The van der Waals surface area contributed by atoms with Crippen molar-refractivity contribution in [3.8, 4) is 0 Å². The summed E-state index contributed by atoms with van der Waals surface area (Å²) in [6.45, 7) is 3.58. The highest BCUT2D eigenvalue weighted by Crippen LogP contribution is 2.17. The van der Waals surface area contributed by atoms with Crippen LogP contribution in [0.15, 0.2) is 11.6 Å². The topological polar surface area (TPSA) is 29.1 Å². The molecule has 0 spiro atoms. The summed E-state index contributed by atoms with van der Waals surface area (Å²) in [5, 5.41) is 3.14. The van der Waals surface area contributed by atoms with Crippen LogP contribution in [0.4, 0.5) is 0 Å². The minimum Gasteiger partial charge on any atom is -0.310 e. The van der Waals surface area contributed by atoms with Gasteiger partial charge in [0.15, 0.2) is 5.78 Å². The first kappa shape index (κ1) is 10.5. The van der Waals surface area contributed by atoms with Crippen LogP contribution in [0.5, 0.6) is 0 Å². The van der Waals surface area contributed by atoms with Gasteiger partial charge in [0.2, 0.25) is 0 Å². The maximum atomic E-state index is 11.5. The molecule has 0 heterocycles. The summed E-state index contributed by atoms with van der Waals surface area (Å²) in [5.74, 6) is 0.299. The Hall–Kier alpha value is -0.630. The van der Waals surface area contributed by atoms with Crippen LogP contribution in [-0.2, 0) is 4.79 Å². The number of ketones is 1. The van der Waals surface area contributed by atoms with Gasteiger partial charge in [0.25, 0.3) is 0 Å². The number of carbonyl (C=O) groups is 1. The van der Waals surface area contributed by atoms with Gasteiger partial charge in [0, 0.05) is 0 Å². The molecule has 0 saturated carbocycles. The van der Waals surface area contributed by atoms with Gasteiger partial charge in [-0.2, -0.15) is 0 Å². The molecule has 0 radical (unpaired) electrons. The molecule has 1 N–H and O–H groups in total. The second kappa shape index (κ2) is 5.92. The molecular weight excluding hydrogens is 162 g/mol. The molecule has 0 bridgehead atoms. The number of Topliss-reactive ketones (excluding diaryl/α,β-unsaturated/α-hetero) is 1. The molecule has 0 aromatic rings. The van der Waals surface area contributed by atoms with E-state index < -0.39 is 0 Å². The molecule has 74 valence electrons. The Bertz CT molecular complexity index is 196. The predicted octanol–water partition coefficient (Wildman–Crippen LogP) is 2.06. The number of allylic oxidation sites excluding steroid dienone is 1. The van der Waals surface area contributed by atoms with Crippen molar-refractivity contribution in [1.82, 2.24) is 5.32 Å². The molecule has 1 aliphatic rings. The van der Waals surface area contributed by atoms with Gasteiger partial charge in [0.1, 0.15) is 0 Å². The SMILES string of the molecule is CCCNCC(=O)C1=CCCCC1. The third-order valence-electron chi connectivity index (χ3n) is 2.36. The second-order valence-corrected chi connectivity index (χ2v) is 3.58. The fraction of sp³-hybridized carbons (Fsp3) is 0.727. The molecule has 0 aromatic heterocycles. The molecule has 0 atom stereocenters. The van der Waals surface area contributed by atoms with E-state index in [1.54, 1.807) is 0 Å². The van der Waals surface area contributed by atoms with Crippen LogP contribution < -0.4 is 5.32 Å². The van der Waals surface area contributed by atoms with E-state index in [4.69, 9.17) is 0 Å². The van der Waals surface area contributed by atoms with Crippen molar-refractivity contribution in [2.24, 2.45) is 0 Å². The standard InChI is InChI=1S/C11H19NO/c1-2-8-12-9-11(13)10-6-4-3-5-7-10/h6,12H,2-5,7-9H2,1H3. The molecule has 1 aliphatic carbocycles. The molecule has 0 aliphatic heterocycles. The minimum absolute atomic E-state index is 0.299. The number of hydrogen-bond donors (Lipinski definition) is 1. The lowest BCUT2D eigenvalue weighted by Gasteiger charge is -2.11. The maximum Gasteiger partial charge on any atom is 0.172 e. The molecule has 0 aromatic carbocycles. The number of hydrogen-bond acceptors (Lipinski definition) is 2. The number of carbonyl (C=O) groups excluding carboxylic acids is 1. The summed E-state index contributed by atoms with van der Waals surface area (Å²) in [7, 11) is 0. The molecule has 0 unspecified atom stereocenters. The zero-order chi connectivity index (χ0) is 9.52. The van der Waals surface area contributed by atoms with Gasteiger partial charge in [-0.15, -0.1) is 0 Å². The van der Waals surface area contributed by atoms with Crippen molar-refractivity contribution in [2.75, 3.05) is 13.1 Å². The summed E-state index contributed by atoms with van der Waals surface area (Å²) >= 11 is 0. The Morgan fingerprint density at radius 2 is 2.38 bits per heavy atom. The summed E-state index contributed by atoms with van der Waals surface area (Å²) in [6, 6.07) is 0. The summed E-state index contributed by atoms with van der Waals surface area (Å²) < 4.78 is 0. The van der Waals surface area contributed by atoms with Gasteiger partial charge in [-0.1, -0.05) is 13.0 Å². The highest BCUT2D eigenvalue weighted by Gasteiger charge is 2.10. The zero-order valence-corrected chi connectivity index (χ0v) is 8.44. The highest BCUT2D eigenvalue weighted by atomic mass is 16.1. The Labute approximate surface area is 80.4 Å². The van der Waals surface area contributed by atoms with E-state index in [-0.39, 0.29) is 0 Å². The van der Waals surface area contributed by atoms with Gasteiger partial charge >= 0.3 is 0 Å². The maximum absolute atomic E-state index is 11.5. The first-order valence-electron chi connectivity index (χ1n) is 5.27. The normalized spacial score (nSPS) is 16.8. The van der Waals surface area contributed by atoms with Gasteiger partial charge in [-0.25, -0.2) is 0 Å². The van der Waals surface area contributed by atoms with E-state index in [1.165, 1.54) is 12.8 Å². The van der Waals surface area contributed by atoms with Crippen LogP contribution in [0.25, 0.3) is 0 Å². The van der Waals surface area contributed by atoms with E-state index in [9.17, 15) is 4.79 Å². The van der Waals surface area contributed by atoms with E-state index in [2.05, 4.69) is 18.3 Å². The molecule has 0 fully saturated rings. The fourth-order valence-corrected chi connectivity index (χ4v) is 1.58. The number of nitrogens with one attached hydrogen (secondary N) is 1. The number of rotatable bonds is 5. The Balaban J connectivity index is 2.25. The molecular formula is C11H19NO.